The minimum Gasteiger partial charge on any atom is -0.753 e. The van der Waals surface area contributed by atoms with Crippen LogP contribution < -0.4 is 22.9 Å². The smallest absolute Gasteiger partial charge is 0.753 e. The van der Waals surface area contributed by atoms with Gasteiger partial charge >= 0.3 is 33.0 Å². The van der Waals surface area contributed by atoms with Crippen molar-refractivity contribution in [3.05, 3.63) is 35.5 Å². The van der Waals surface area contributed by atoms with Crippen LogP contribution in [0.2, 0.25) is 0 Å². The molecule has 0 aromatic heterocycles. The first-order valence-corrected chi connectivity index (χ1v) is 6.68. The molecule has 154 valence electrons. The summed E-state index contributed by atoms with van der Waals surface area (Å²) < 4.78 is 0. The van der Waals surface area contributed by atoms with E-state index in [1.54, 1.807) is 0 Å². The van der Waals surface area contributed by atoms with Gasteiger partial charge in [0.05, 0.1) is 0 Å². The van der Waals surface area contributed by atoms with Gasteiger partial charge in [-0.05, 0) is 12.2 Å². The number of isothiocyanates is 4. The summed E-state index contributed by atoms with van der Waals surface area (Å²) in [5.74, 6) is 0. The van der Waals surface area contributed by atoms with E-state index in [1.165, 1.54) is 20.6 Å². The maximum absolute atomic E-state index is 8.27. The monoisotopic (exact) mass is 526 g/mol. The molecule has 26 heavy (non-hydrogen) atoms. The van der Waals surface area contributed by atoms with Crippen LogP contribution in [0.1, 0.15) is 0 Å². The largest absolute Gasteiger partial charge is 3.00 e. The molecule has 0 aromatic rings. The van der Waals surface area contributed by atoms with Crippen LogP contribution in [-0.2, 0) is 33.0 Å². The average molecular weight is 528 g/mol. The Bertz CT molecular complexity index is 305. The molecule has 0 bridgehead atoms. The molecule has 10 nitrogen and oxygen atoms in total. The van der Waals surface area contributed by atoms with Crippen molar-refractivity contribution in [1.29, 1.82) is 0 Å². The van der Waals surface area contributed by atoms with Gasteiger partial charge < -0.3 is 68.6 Å². The molecule has 2 atom stereocenters. The molecule has 0 aliphatic carbocycles. The number of aliphatic hydroxyl groups is 2. The number of nitrogens with two attached hydrogens (primary N) is 4. The molecule has 16 heteroatoms. The first kappa shape index (κ1) is 50.1. The molecule has 0 fully saturated rings. The molecular formula is C10H18N8Ni2O2S4. The van der Waals surface area contributed by atoms with Crippen LogP contribution >= 0.6 is 48.9 Å². The van der Waals surface area contributed by atoms with Crippen molar-refractivity contribution in [2.75, 3.05) is 0 Å². The third kappa shape index (κ3) is 200. The molecule has 2 unspecified atom stereocenters. The Morgan fingerprint density at radius 3 is 0.654 bits per heavy atom. The molecule has 0 aliphatic heterocycles. The van der Waals surface area contributed by atoms with Crippen molar-refractivity contribution in [3.8, 4) is 0 Å². The minimum absolute atomic E-state index is 0. The van der Waals surface area contributed by atoms with Gasteiger partial charge in [-0.25, -0.2) is 0 Å². The van der Waals surface area contributed by atoms with Crippen LogP contribution in [0.4, 0.5) is 0 Å². The maximum Gasteiger partial charge on any atom is 3.00 e. The van der Waals surface area contributed by atoms with Gasteiger partial charge in [-0.1, -0.05) is 48.9 Å². The third-order valence-electron chi connectivity index (χ3n) is 0.889. The van der Waals surface area contributed by atoms with Gasteiger partial charge in [-0.3, -0.25) is 0 Å². The second-order valence-corrected chi connectivity index (χ2v) is 3.38. The Morgan fingerprint density at radius 2 is 0.654 bits per heavy atom. The van der Waals surface area contributed by atoms with Gasteiger partial charge in [-0.2, -0.15) is 20.6 Å². The molecule has 0 spiro atoms. The first-order valence-electron chi connectivity index (χ1n) is 5.04. The van der Waals surface area contributed by atoms with Gasteiger partial charge in [0, 0.05) is 12.3 Å². The molecule has 10 N–H and O–H groups in total. The first-order chi connectivity index (χ1) is 10.9. The van der Waals surface area contributed by atoms with E-state index in [9.17, 15) is 0 Å². The fourth-order valence-corrected chi connectivity index (χ4v) is 0. The predicted molar refractivity (Wildman–Crippen MR) is 111 cm³/mol. The number of rotatable bonds is 2. The van der Waals surface area contributed by atoms with Crippen molar-refractivity contribution in [1.82, 2.24) is 0 Å². The molecule has 2 radical (unpaired) electrons. The predicted octanol–water partition coefficient (Wildman–Crippen LogP) is -0.521. The van der Waals surface area contributed by atoms with Crippen LogP contribution in [0, 0.1) is 13.8 Å². The zero-order valence-electron chi connectivity index (χ0n) is 13.0. The maximum atomic E-state index is 8.27. The second-order valence-electron chi connectivity index (χ2n) is 2.65. The summed E-state index contributed by atoms with van der Waals surface area (Å²) in [6, 6.07) is 0. The average Bonchev–Trinajstić information content (AvgIpc) is 2.42. The number of hydrogen-bond acceptors (Lipinski definition) is 10. The van der Waals surface area contributed by atoms with E-state index in [1.807, 2.05) is 0 Å². The summed E-state index contributed by atoms with van der Waals surface area (Å²) in [4.78, 5) is 0. The van der Waals surface area contributed by atoms with E-state index < -0.39 is 24.5 Å². The standard InChI is InChI=1S/2C3H9N2O.4CNS.2Ni/c2*1-2(6)3(4)5;4*2-1-3;;/h2*2-3,6H,1,4-5H2;;;;;;/q6*-1;2*+3. The normalized spacial score (nSPS) is 8.38. The van der Waals surface area contributed by atoms with Gasteiger partial charge in [-0.15, -0.1) is 0 Å². The van der Waals surface area contributed by atoms with Crippen molar-refractivity contribution >= 4 is 69.5 Å². The molecule has 0 aliphatic rings. The Kier molecular flexibility index (Phi) is 108. The molecule has 0 rings (SSSR count). The molecule has 0 aromatic carbocycles. The van der Waals surface area contributed by atoms with Crippen LogP contribution in [0.25, 0.3) is 21.6 Å². The number of aliphatic hydroxyl groups excluding tert-OH is 2. The number of nitrogens with zero attached hydrogens (tertiary/aromatic N) is 4. The van der Waals surface area contributed by atoms with Crippen LogP contribution in [0.3, 0.4) is 0 Å². The van der Waals surface area contributed by atoms with Gasteiger partial charge in [0.25, 0.3) is 0 Å². The van der Waals surface area contributed by atoms with Crippen molar-refractivity contribution < 1.29 is 43.2 Å². The van der Waals surface area contributed by atoms with Gasteiger partial charge in [0.15, 0.2) is 0 Å². The number of thiocarbonyl (C=S) groups is 4. The summed E-state index contributed by atoms with van der Waals surface area (Å²) in [5.41, 5.74) is 19.6. The third-order valence-corrected chi connectivity index (χ3v) is 0.889. The topological polar surface area (TPSA) is 234 Å². The van der Waals surface area contributed by atoms with Crippen molar-refractivity contribution in [2.45, 2.75) is 24.5 Å². The van der Waals surface area contributed by atoms with E-state index >= 15 is 0 Å². The van der Waals surface area contributed by atoms with E-state index in [4.69, 9.17) is 54.8 Å². The summed E-state index contributed by atoms with van der Waals surface area (Å²) in [7, 11) is 0. The van der Waals surface area contributed by atoms with Gasteiger partial charge in [0.2, 0.25) is 0 Å². The SMILES string of the molecule is [CH2-]C(O)C(N)N.[CH2-]C(O)C(N)N.[N-]=C=S.[N-]=C=S.[N-]=C=S.[N-]=C=S.[Ni+3].[Ni+3]. The summed E-state index contributed by atoms with van der Waals surface area (Å²) in [6.45, 7) is 6.29. The van der Waals surface area contributed by atoms with E-state index in [-0.39, 0.29) is 33.0 Å². The van der Waals surface area contributed by atoms with E-state index in [2.05, 4.69) is 62.7 Å². The summed E-state index contributed by atoms with van der Waals surface area (Å²) >= 11 is 14.8. The fraction of sp³-hybridized carbons (Fsp3) is 0.400. The minimum atomic E-state index is -0.843. The Balaban J connectivity index is -0.0000000254. The van der Waals surface area contributed by atoms with Crippen LogP contribution in [0.5, 0.6) is 0 Å². The Hall–Kier alpha value is -0.0530. The van der Waals surface area contributed by atoms with E-state index in [0.717, 1.165) is 0 Å². The molecule has 0 amide bonds. The molecule has 0 saturated carbocycles. The summed E-state index contributed by atoms with van der Waals surface area (Å²) in [5, 5.41) is 50.4. The number of hydrogen-bond donors (Lipinski definition) is 6. The van der Waals surface area contributed by atoms with Crippen molar-refractivity contribution in [2.24, 2.45) is 22.9 Å². The van der Waals surface area contributed by atoms with Gasteiger partial charge in [0.1, 0.15) is 0 Å². The molecule has 0 heterocycles. The zero-order chi connectivity index (χ0) is 21.1. The molecule has 0 saturated heterocycles. The quantitative estimate of drug-likeness (QED) is 0.0882. The molecular weight excluding hydrogens is 510 g/mol. The van der Waals surface area contributed by atoms with Crippen molar-refractivity contribution in [3.63, 3.8) is 0 Å². The Labute approximate surface area is 194 Å². The fourth-order valence-electron chi connectivity index (χ4n) is 0. The Morgan fingerprint density at radius 1 is 0.615 bits per heavy atom. The van der Waals surface area contributed by atoms with Crippen LogP contribution in [-0.4, -0.2) is 55.4 Å². The van der Waals surface area contributed by atoms with Crippen LogP contribution in [0.15, 0.2) is 0 Å². The van der Waals surface area contributed by atoms with E-state index in [0.29, 0.717) is 0 Å². The zero-order valence-corrected chi connectivity index (χ0v) is 18.2. The second kappa shape index (κ2) is 56.3. The summed E-state index contributed by atoms with van der Waals surface area (Å²) in [6.07, 6.45) is -3.09.